The average molecular weight is 811 g/mol. The van der Waals surface area contributed by atoms with Crippen LogP contribution in [0.5, 0.6) is 0 Å². The topological polar surface area (TPSA) is 43.6 Å². The molecule has 0 saturated carbocycles. The Morgan fingerprint density at radius 2 is 0.794 bits per heavy atom. The first-order valence-corrected chi connectivity index (χ1v) is 22.1. The number of para-hydroxylation sites is 1. The van der Waals surface area contributed by atoms with E-state index in [0.717, 1.165) is 44.1 Å². The minimum atomic E-state index is 0.116. The van der Waals surface area contributed by atoms with Crippen molar-refractivity contribution in [1.82, 2.24) is 19.5 Å². The maximum absolute atomic E-state index is 5.17. The van der Waals surface area contributed by atoms with E-state index in [1.165, 1.54) is 67.5 Å². The molecule has 0 fully saturated rings. The molecule has 0 radical (unpaired) electrons. The van der Waals surface area contributed by atoms with Crippen LogP contribution < -0.4 is 0 Å². The van der Waals surface area contributed by atoms with Crippen LogP contribution in [0.2, 0.25) is 0 Å². The summed E-state index contributed by atoms with van der Waals surface area (Å²) in [5, 5.41) is 9.70. The van der Waals surface area contributed by atoms with E-state index in [4.69, 9.17) is 15.0 Å². The van der Waals surface area contributed by atoms with Crippen LogP contribution in [0.1, 0.15) is 51.7 Å². The molecule has 0 atom stereocenters. The van der Waals surface area contributed by atoms with Crippen molar-refractivity contribution in [2.24, 2.45) is 0 Å². The van der Waals surface area contributed by atoms with Crippen LogP contribution in [-0.4, -0.2) is 19.5 Å². The van der Waals surface area contributed by atoms with Crippen molar-refractivity contribution in [3.63, 3.8) is 0 Å². The van der Waals surface area contributed by atoms with Gasteiger partial charge in [-0.15, -0.1) is 0 Å². The van der Waals surface area contributed by atoms with Crippen molar-refractivity contribution < 1.29 is 0 Å². The van der Waals surface area contributed by atoms with Gasteiger partial charge in [-0.05, 0) is 127 Å². The highest BCUT2D eigenvalue weighted by Gasteiger charge is 2.38. The first-order chi connectivity index (χ1) is 30.6. The molecular weight excluding hydrogens is 765 g/mol. The first-order valence-electron chi connectivity index (χ1n) is 22.1. The lowest BCUT2D eigenvalue weighted by Gasteiger charge is -2.42. The van der Waals surface area contributed by atoms with Crippen LogP contribution >= 0.6 is 0 Å². The van der Waals surface area contributed by atoms with Crippen LogP contribution in [0, 0.1) is 0 Å². The van der Waals surface area contributed by atoms with Gasteiger partial charge in [0.25, 0.3) is 0 Å². The fraction of sp³-hybridized carbons (Fsp3) is 0.136. The van der Waals surface area contributed by atoms with Crippen molar-refractivity contribution in [3.05, 3.63) is 193 Å². The lowest BCUT2D eigenvalue weighted by atomic mass is 9.63. The molecule has 11 aromatic rings. The number of benzene rings is 9. The molecular formula is C59H46N4. The molecule has 2 aromatic heterocycles. The SMILES string of the molecule is CC1(C)CCC(C)(C)c2cc3c(cc21)c1ccccc1n3-c1ccc2cc(-c3nc(-c4ccc(-c5ccc6ccccc6c5)cc4)nc(-c4ccc5ccccc5c4)n3)ccc2c1. The van der Waals surface area contributed by atoms with Crippen LogP contribution in [0.4, 0.5) is 0 Å². The van der Waals surface area contributed by atoms with Gasteiger partial charge in [0.2, 0.25) is 0 Å². The van der Waals surface area contributed by atoms with E-state index in [9.17, 15) is 0 Å². The minimum absolute atomic E-state index is 0.116. The second kappa shape index (κ2) is 14.1. The highest BCUT2D eigenvalue weighted by Crippen LogP contribution is 2.48. The van der Waals surface area contributed by atoms with E-state index in [1.54, 1.807) is 0 Å². The molecule has 4 nitrogen and oxygen atoms in total. The second-order valence-corrected chi connectivity index (χ2v) is 18.8. The Morgan fingerprint density at radius 3 is 1.44 bits per heavy atom. The number of nitrogens with zero attached hydrogens (tertiary/aromatic N) is 4. The van der Waals surface area contributed by atoms with E-state index in [2.05, 4.69) is 214 Å². The monoisotopic (exact) mass is 810 g/mol. The summed E-state index contributed by atoms with van der Waals surface area (Å²) >= 11 is 0. The van der Waals surface area contributed by atoms with Crippen LogP contribution in [0.3, 0.4) is 0 Å². The zero-order valence-corrected chi connectivity index (χ0v) is 36.0. The fourth-order valence-electron chi connectivity index (χ4n) is 10.1. The predicted molar refractivity (Wildman–Crippen MR) is 264 cm³/mol. The Bertz CT molecular complexity index is 3630. The van der Waals surface area contributed by atoms with Crippen molar-refractivity contribution in [2.45, 2.75) is 51.4 Å². The summed E-state index contributed by atoms with van der Waals surface area (Å²) in [5.74, 6) is 1.93. The molecule has 0 amide bonds. The molecule has 1 aliphatic rings. The Morgan fingerprint density at radius 1 is 0.349 bits per heavy atom. The van der Waals surface area contributed by atoms with E-state index in [-0.39, 0.29) is 10.8 Å². The van der Waals surface area contributed by atoms with Gasteiger partial charge in [-0.25, -0.2) is 15.0 Å². The number of hydrogen-bond acceptors (Lipinski definition) is 3. The van der Waals surface area contributed by atoms with Gasteiger partial charge in [-0.1, -0.05) is 161 Å². The van der Waals surface area contributed by atoms with Crippen molar-refractivity contribution in [1.29, 1.82) is 0 Å². The number of hydrogen-bond donors (Lipinski definition) is 0. The highest BCUT2D eigenvalue weighted by atomic mass is 15.0. The molecule has 4 heteroatoms. The standard InChI is InChI=1S/C59H46N4/c1-58(2)29-30-59(3,4)52-36-54-50(35-51(52)58)49-15-9-10-16-53(49)63(54)48-28-27-44-33-47(26-24-45(44)34-48)57-61-55(60-56(62-57)46-25-20-38-12-6-8-14-42(38)32-46)40-21-17-39(18-22-40)43-23-19-37-11-5-7-13-41(37)31-43/h5-28,31-36H,29-30H2,1-4H3. The Hall–Kier alpha value is -7.43. The largest absolute Gasteiger partial charge is 0.309 e. The van der Waals surface area contributed by atoms with Crippen molar-refractivity contribution >= 4 is 54.1 Å². The van der Waals surface area contributed by atoms with Gasteiger partial charge in [0.15, 0.2) is 17.5 Å². The normalized spacial score (nSPS) is 14.5. The van der Waals surface area contributed by atoms with Crippen LogP contribution in [0.15, 0.2) is 182 Å². The van der Waals surface area contributed by atoms with Gasteiger partial charge < -0.3 is 4.57 Å². The number of rotatable bonds is 5. The second-order valence-electron chi connectivity index (χ2n) is 18.8. The molecule has 9 aromatic carbocycles. The molecule has 0 N–H and O–H groups in total. The molecule has 0 spiro atoms. The zero-order chi connectivity index (χ0) is 42.5. The van der Waals surface area contributed by atoms with Gasteiger partial charge in [0, 0.05) is 33.2 Å². The first kappa shape index (κ1) is 37.3. The molecule has 0 bridgehead atoms. The quantitative estimate of drug-likeness (QED) is 0.174. The van der Waals surface area contributed by atoms with Crippen LogP contribution in [0.25, 0.3) is 105 Å². The zero-order valence-electron chi connectivity index (χ0n) is 36.0. The third kappa shape index (κ3) is 6.31. The third-order valence-electron chi connectivity index (χ3n) is 13.9. The fourth-order valence-corrected chi connectivity index (χ4v) is 10.1. The summed E-state index contributed by atoms with van der Waals surface area (Å²) < 4.78 is 2.47. The van der Waals surface area contributed by atoms with E-state index >= 15 is 0 Å². The summed E-state index contributed by atoms with van der Waals surface area (Å²) in [5.41, 5.74) is 12.0. The molecule has 0 unspecified atom stereocenters. The molecule has 63 heavy (non-hydrogen) atoms. The molecule has 0 saturated heterocycles. The minimum Gasteiger partial charge on any atom is -0.309 e. The van der Waals surface area contributed by atoms with Crippen LogP contribution in [-0.2, 0) is 10.8 Å². The van der Waals surface area contributed by atoms with E-state index in [1.807, 2.05) is 0 Å². The summed E-state index contributed by atoms with van der Waals surface area (Å²) in [6.07, 6.45) is 2.38. The summed E-state index contributed by atoms with van der Waals surface area (Å²) in [6, 6.07) is 65.9. The maximum atomic E-state index is 5.17. The molecule has 302 valence electrons. The lowest BCUT2D eigenvalue weighted by molar-refractivity contribution is 0.332. The summed E-state index contributed by atoms with van der Waals surface area (Å²) in [7, 11) is 0. The Kier molecular flexibility index (Phi) is 8.33. The van der Waals surface area contributed by atoms with Crippen molar-refractivity contribution in [3.8, 4) is 51.0 Å². The molecule has 2 heterocycles. The molecule has 1 aliphatic carbocycles. The molecule has 12 rings (SSSR count). The van der Waals surface area contributed by atoms with E-state index < -0.39 is 0 Å². The highest BCUT2D eigenvalue weighted by molar-refractivity contribution is 6.10. The smallest absolute Gasteiger partial charge is 0.164 e. The third-order valence-corrected chi connectivity index (χ3v) is 13.9. The van der Waals surface area contributed by atoms with Gasteiger partial charge in [-0.2, -0.15) is 0 Å². The molecule has 0 aliphatic heterocycles. The van der Waals surface area contributed by atoms with E-state index in [0.29, 0.717) is 17.5 Å². The summed E-state index contributed by atoms with van der Waals surface area (Å²) in [4.78, 5) is 15.5. The average Bonchev–Trinajstić information content (AvgIpc) is 3.65. The van der Waals surface area contributed by atoms with Gasteiger partial charge in [0.1, 0.15) is 0 Å². The predicted octanol–water partition coefficient (Wildman–Crippen LogP) is 15.4. The van der Waals surface area contributed by atoms with Gasteiger partial charge in [-0.3, -0.25) is 0 Å². The maximum Gasteiger partial charge on any atom is 0.164 e. The Balaban J connectivity index is 0.962. The lowest BCUT2D eigenvalue weighted by Crippen LogP contribution is -2.33. The summed E-state index contributed by atoms with van der Waals surface area (Å²) in [6.45, 7) is 9.65. The van der Waals surface area contributed by atoms with Gasteiger partial charge >= 0.3 is 0 Å². The Labute approximate surface area is 367 Å². The number of aromatic nitrogens is 4. The number of fused-ring (bicyclic) bond motifs is 7. The van der Waals surface area contributed by atoms with Gasteiger partial charge in [0.05, 0.1) is 11.0 Å². The van der Waals surface area contributed by atoms with Crippen molar-refractivity contribution in [2.75, 3.05) is 0 Å².